The average molecular weight is 344 g/mol. The summed E-state index contributed by atoms with van der Waals surface area (Å²) in [5.41, 5.74) is 2.51. The van der Waals surface area contributed by atoms with E-state index in [-0.39, 0.29) is 11.4 Å². The second-order valence-electron chi connectivity index (χ2n) is 5.41. The van der Waals surface area contributed by atoms with Crippen LogP contribution in [0.1, 0.15) is 16.0 Å². The van der Waals surface area contributed by atoms with Crippen LogP contribution in [0.4, 0.5) is 17.2 Å². The van der Waals surface area contributed by atoms with Crippen molar-refractivity contribution in [2.75, 3.05) is 12.4 Å². The molecule has 24 heavy (non-hydrogen) atoms. The highest BCUT2D eigenvalue weighted by molar-refractivity contribution is 7.18. The minimum absolute atomic E-state index is 0.0593. The van der Waals surface area contributed by atoms with E-state index in [4.69, 9.17) is 4.74 Å². The van der Waals surface area contributed by atoms with Crippen LogP contribution in [-0.2, 0) is 0 Å². The highest BCUT2D eigenvalue weighted by atomic mass is 32.1. The summed E-state index contributed by atoms with van der Waals surface area (Å²) in [6.45, 7) is 5.89. The molecule has 0 aliphatic heterocycles. The van der Waals surface area contributed by atoms with Crippen molar-refractivity contribution < 1.29 is 9.66 Å². The molecule has 1 N–H and O–H groups in total. The Bertz CT molecular complexity index is 952. The van der Waals surface area contributed by atoms with E-state index in [2.05, 4.69) is 15.3 Å². The van der Waals surface area contributed by atoms with Gasteiger partial charge in [-0.2, -0.15) is 0 Å². The van der Waals surface area contributed by atoms with Gasteiger partial charge in [0.2, 0.25) is 0 Å². The maximum absolute atomic E-state index is 11.1. The number of rotatable bonds is 4. The summed E-state index contributed by atoms with van der Waals surface area (Å²) < 4.78 is 5.14. The molecule has 0 saturated carbocycles. The molecule has 7 nitrogen and oxygen atoms in total. The Labute approximate surface area is 142 Å². The molecule has 0 atom stereocenters. The van der Waals surface area contributed by atoms with Crippen molar-refractivity contribution in [3.8, 4) is 5.75 Å². The molecular weight excluding hydrogens is 328 g/mol. The lowest BCUT2D eigenvalue weighted by molar-refractivity contribution is -0.385. The standard InChI is InChI=1S/C16H16N4O3S/c1-8-5-12(20(21)22)13(23-4)6-11(8)19-15-14-9(2)10(3)24-16(14)18-7-17-15/h5-7H,1-4H3,(H,17,18,19). The first-order valence-electron chi connectivity index (χ1n) is 7.23. The van der Waals surface area contributed by atoms with Gasteiger partial charge in [0.15, 0.2) is 5.75 Å². The highest BCUT2D eigenvalue weighted by Gasteiger charge is 2.19. The van der Waals surface area contributed by atoms with Crippen LogP contribution in [0.5, 0.6) is 5.75 Å². The maximum atomic E-state index is 11.1. The van der Waals surface area contributed by atoms with Crippen molar-refractivity contribution in [2.45, 2.75) is 20.8 Å². The Morgan fingerprint density at radius 3 is 2.67 bits per heavy atom. The Hall–Kier alpha value is -2.74. The third-order valence-corrected chi connectivity index (χ3v) is 5.06. The van der Waals surface area contributed by atoms with E-state index in [0.29, 0.717) is 11.5 Å². The summed E-state index contributed by atoms with van der Waals surface area (Å²) in [4.78, 5) is 21.4. The fraction of sp³-hybridized carbons (Fsp3) is 0.250. The molecule has 1 aromatic carbocycles. The molecule has 3 aromatic rings. The molecule has 0 aliphatic carbocycles. The number of methoxy groups -OCH3 is 1. The van der Waals surface area contributed by atoms with Crippen LogP contribution in [0, 0.1) is 30.9 Å². The number of nitro benzene ring substituents is 1. The first-order chi connectivity index (χ1) is 11.4. The fourth-order valence-corrected chi connectivity index (χ4v) is 3.52. The Balaban J connectivity index is 2.11. The van der Waals surface area contributed by atoms with E-state index in [1.165, 1.54) is 24.4 Å². The lowest BCUT2D eigenvalue weighted by Crippen LogP contribution is -2.00. The SMILES string of the molecule is COc1cc(Nc2ncnc3sc(C)c(C)c23)c(C)cc1[N+](=O)[O-]. The van der Waals surface area contributed by atoms with Gasteiger partial charge >= 0.3 is 5.69 Å². The maximum Gasteiger partial charge on any atom is 0.311 e. The zero-order valence-corrected chi connectivity index (χ0v) is 14.5. The van der Waals surface area contributed by atoms with E-state index < -0.39 is 4.92 Å². The zero-order chi connectivity index (χ0) is 17.4. The Morgan fingerprint density at radius 2 is 2.00 bits per heavy atom. The zero-order valence-electron chi connectivity index (χ0n) is 13.7. The van der Waals surface area contributed by atoms with Gasteiger partial charge in [-0.15, -0.1) is 11.3 Å². The van der Waals surface area contributed by atoms with Gasteiger partial charge in [-0.1, -0.05) is 0 Å². The van der Waals surface area contributed by atoms with E-state index in [0.717, 1.165) is 21.3 Å². The number of benzene rings is 1. The molecule has 2 heterocycles. The summed E-state index contributed by atoms with van der Waals surface area (Å²) in [5, 5.41) is 15.3. The van der Waals surface area contributed by atoms with Crippen LogP contribution < -0.4 is 10.1 Å². The summed E-state index contributed by atoms with van der Waals surface area (Å²) in [6.07, 6.45) is 1.51. The van der Waals surface area contributed by atoms with Crippen LogP contribution in [0.25, 0.3) is 10.2 Å². The number of hydrogen-bond acceptors (Lipinski definition) is 7. The molecule has 0 saturated heterocycles. The molecule has 2 aromatic heterocycles. The number of aryl methyl sites for hydroxylation is 3. The molecule has 0 bridgehead atoms. The van der Waals surface area contributed by atoms with Gasteiger partial charge in [0.1, 0.15) is 17.0 Å². The van der Waals surface area contributed by atoms with Gasteiger partial charge in [0.05, 0.1) is 17.4 Å². The number of hydrogen-bond donors (Lipinski definition) is 1. The second-order valence-corrected chi connectivity index (χ2v) is 6.61. The summed E-state index contributed by atoms with van der Waals surface area (Å²) >= 11 is 1.62. The van der Waals surface area contributed by atoms with E-state index in [9.17, 15) is 10.1 Å². The predicted molar refractivity (Wildman–Crippen MR) is 94.6 cm³/mol. The number of thiophene rings is 1. The van der Waals surface area contributed by atoms with Crippen LogP contribution in [0.2, 0.25) is 0 Å². The monoisotopic (exact) mass is 344 g/mol. The fourth-order valence-electron chi connectivity index (χ4n) is 2.52. The average Bonchev–Trinajstić information content (AvgIpc) is 2.84. The van der Waals surface area contributed by atoms with Crippen molar-refractivity contribution in [3.63, 3.8) is 0 Å². The van der Waals surface area contributed by atoms with Gasteiger partial charge < -0.3 is 10.1 Å². The number of nitrogens with one attached hydrogen (secondary N) is 1. The normalized spacial score (nSPS) is 10.8. The smallest absolute Gasteiger partial charge is 0.311 e. The summed E-state index contributed by atoms with van der Waals surface area (Å²) in [6, 6.07) is 3.11. The third kappa shape index (κ3) is 2.65. The molecule has 0 amide bonds. The second kappa shape index (κ2) is 6.04. The van der Waals surface area contributed by atoms with Crippen molar-refractivity contribution in [2.24, 2.45) is 0 Å². The number of aromatic nitrogens is 2. The van der Waals surface area contributed by atoms with Gasteiger partial charge in [0.25, 0.3) is 0 Å². The van der Waals surface area contributed by atoms with Crippen molar-refractivity contribution in [3.05, 3.63) is 44.6 Å². The number of ether oxygens (including phenoxy) is 1. The van der Waals surface area contributed by atoms with Crippen molar-refractivity contribution >= 4 is 38.7 Å². The van der Waals surface area contributed by atoms with Crippen LogP contribution >= 0.6 is 11.3 Å². The van der Waals surface area contributed by atoms with E-state index in [1.54, 1.807) is 24.3 Å². The van der Waals surface area contributed by atoms with Crippen LogP contribution in [0.15, 0.2) is 18.5 Å². The molecule has 124 valence electrons. The molecule has 0 spiro atoms. The van der Waals surface area contributed by atoms with Crippen LogP contribution in [-0.4, -0.2) is 22.0 Å². The van der Waals surface area contributed by atoms with Crippen molar-refractivity contribution in [1.29, 1.82) is 0 Å². The number of nitrogens with zero attached hydrogens (tertiary/aromatic N) is 3. The molecule has 0 unspecified atom stereocenters. The minimum Gasteiger partial charge on any atom is -0.490 e. The molecule has 3 rings (SSSR count). The lowest BCUT2D eigenvalue weighted by Gasteiger charge is -2.12. The van der Waals surface area contributed by atoms with E-state index >= 15 is 0 Å². The lowest BCUT2D eigenvalue weighted by atomic mass is 10.1. The topological polar surface area (TPSA) is 90.2 Å². The summed E-state index contributed by atoms with van der Waals surface area (Å²) in [7, 11) is 1.41. The largest absolute Gasteiger partial charge is 0.490 e. The highest BCUT2D eigenvalue weighted by Crippen LogP contribution is 2.37. The quantitative estimate of drug-likeness (QED) is 0.561. The Kier molecular flexibility index (Phi) is 4.06. The minimum atomic E-state index is -0.453. The molecule has 0 fully saturated rings. The van der Waals surface area contributed by atoms with Gasteiger partial charge in [-0.3, -0.25) is 10.1 Å². The van der Waals surface area contributed by atoms with Gasteiger partial charge in [-0.25, -0.2) is 9.97 Å². The van der Waals surface area contributed by atoms with Gasteiger partial charge in [0, 0.05) is 22.7 Å². The number of fused-ring (bicyclic) bond motifs is 1. The first-order valence-corrected chi connectivity index (χ1v) is 8.04. The van der Waals surface area contributed by atoms with E-state index in [1.807, 2.05) is 13.8 Å². The molecule has 8 heteroatoms. The number of nitro groups is 1. The number of anilines is 2. The molecule has 0 aliphatic rings. The molecular formula is C16H16N4O3S. The van der Waals surface area contributed by atoms with Gasteiger partial charge in [-0.05, 0) is 31.9 Å². The van der Waals surface area contributed by atoms with Crippen LogP contribution in [0.3, 0.4) is 0 Å². The predicted octanol–water partition coefficient (Wildman–Crippen LogP) is 4.28. The molecule has 0 radical (unpaired) electrons. The third-order valence-electron chi connectivity index (χ3n) is 3.94. The summed E-state index contributed by atoms with van der Waals surface area (Å²) in [5.74, 6) is 0.887. The van der Waals surface area contributed by atoms with Crippen molar-refractivity contribution in [1.82, 2.24) is 9.97 Å². The Morgan fingerprint density at radius 1 is 1.25 bits per heavy atom. The first kappa shape index (κ1) is 16.1.